The molecule has 4 heterocycles. The molecule has 168 valence electrons. The molecule has 3 aliphatic rings. The molecule has 31 heavy (non-hydrogen) atoms. The summed E-state index contributed by atoms with van der Waals surface area (Å²) in [5, 5.41) is 7.12. The molecule has 11 heteroatoms. The van der Waals surface area contributed by atoms with Crippen molar-refractivity contribution in [2.75, 3.05) is 32.8 Å². The van der Waals surface area contributed by atoms with E-state index in [2.05, 4.69) is 24.4 Å². The Labute approximate surface area is 177 Å². The van der Waals surface area contributed by atoms with Gasteiger partial charge in [-0.1, -0.05) is 0 Å². The zero-order valence-electron chi connectivity index (χ0n) is 16.9. The number of alkyl halides is 3. The Morgan fingerprint density at radius 2 is 1.94 bits per heavy atom. The molecule has 1 atom stereocenters. The maximum Gasteiger partial charge on any atom is 0.490 e. The predicted octanol–water partition coefficient (Wildman–Crippen LogP) is 2.26. The second-order valence-electron chi connectivity index (χ2n) is 8.48. The van der Waals surface area contributed by atoms with Crippen LogP contribution in [0.15, 0.2) is 24.9 Å². The van der Waals surface area contributed by atoms with E-state index in [-0.39, 0.29) is 5.41 Å². The molecule has 0 bridgehead atoms. The minimum absolute atomic E-state index is 0.166. The first-order chi connectivity index (χ1) is 14.8. The van der Waals surface area contributed by atoms with Gasteiger partial charge in [0.05, 0.1) is 25.1 Å². The number of fused-ring (bicyclic) bond motifs is 1. The van der Waals surface area contributed by atoms with Gasteiger partial charge >= 0.3 is 12.1 Å². The second-order valence-corrected chi connectivity index (χ2v) is 8.48. The molecule has 2 aromatic heterocycles. The van der Waals surface area contributed by atoms with Crippen LogP contribution in [0.1, 0.15) is 18.7 Å². The van der Waals surface area contributed by atoms with Gasteiger partial charge < -0.3 is 19.3 Å². The molecule has 1 saturated heterocycles. The number of hydrogen-bond donors (Lipinski definition) is 1. The van der Waals surface area contributed by atoms with Crippen molar-refractivity contribution in [3.8, 4) is 11.3 Å². The fourth-order valence-corrected chi connectivity index (χ4v) is 4.23. The summed E-state index contributed by atoms with van der Waals surface area (Å²) >= 11 is 0. The maximum atomic E-state index is 10.6. The number of carboxylic acid groups (broad SMARTS) is 1. The number of ether oxygens (including phenoxy) is 1. The lowest BCUT2D eigenvalue weighted by atomic mass is 9.86. The van der Waals surface area contributed by atoms with Crippen molar-refractivity contribution in [3.63, 3.8) is 0 Å². The van der Waals surface area contributed by atoms with E-state index in [1.807, 2.05) is 18.6 Å². The van der Waals surface area contributed by atoms with Crippen molar-refractivity contribution in [1.29, 1.82) is 0 Å². The van der Waals surface area contributed by atoms with Gasteiger partial charge in [-0.05, 0) is 18.8 Å². The van der Waals surface area contributed by atoms with E-state index in [0.29, 0.717) is 0 Å². The third kappa shape index (κ3) is 5.21. The topological polar surface area (TPSA) is 93.4 Å². The maximum absolute atomic E-state index is 10.6. The highest BCUT2D eigenvalue weighted by Gasteiger charge is 2.43. The summed E-state index contributed by atoms with van der Waals surface area (Å²) in [7, 11) is 0. The Morgan fingerprint density at radius 3 is 2.58 bits per heavy atom. The Kier molecular flexibility index (Phi) is 5.98. The fourth-order valence-electron chi connectivity index (χ4n) is 4.23. The number of rotatable bonds is 3. The van der Waals surface area contributed by atoms with Crippen LogP contribution in [0.5, 0.6) is 0 Å². The van der Waals surface area contributed by atoms with E-state index in [4.69, 9.17) is 14.6 Å². The number of carboxylic acids is 1. The molecule has 1 unspecified atom stereocenters. The van der Waals surface area contributed by atoms with Crippen LogP contribution in [0.4, 0.5) is 13.2 Å². The van der Waals surface area contributed by atoms with Crippen molar-refractivity contribution in [3.05, 3.63) is 30.7 Å². The molecular weight excluding hydrogens is 415 g/mol. The van der Waals surface area contributed by atoms with E-state index >= 15 is 0 Å². The van der Waals surface area contributed by atoms with Crippen LogP contribution in [0.25, 0.3) is 11.3 Å². The lowest BCUT2D eigenvalue weighted by Gasteiger charge is -2.31. The van der Waals surface area contributed by atoms with Gasteiger partial charge in [0.1, 0.15) is 12.2 Å². The van der Waals surface area contributed by atoms with Crippen LogP contribution in [-0.2, 0) is 22.5 Å². The number of hydrogen-bond acceptors (Lipinski definition) is 6. The standard InChI is InChI=1S/C18H23N5O.C2HF3O2/c1-2-14(1)9-22-3-4-24-12-18(10-22)5-17-21-8-16(23(17)11-18)15-6-19-13-20-7-15;3-2(4,5)1(6)7/h6-8,13-14H,1-5,9-12H2;(H,6,7). The van der Waals surface area contributed by atoms with Gasteiger partial charge in [0.25, 0.3) is 0 Å². The summed E-state index contributed by atoms with van der Waals surface area (Å²) in [5.41, 5.74) is 2.33. The third-order valence-electron chi connectivity index (χ3n) is 5.80. The lowest BCUT2D eigenvalue weighted by molar-refractivity contribution is -0.192. The van der Waals surface area contributed by atoms with Crippen molar-refractivity contribution in [2.24, 2.45) is 11.3 Å². The van der Waals surface area contributed by atoms with Gasteiger partial charge in [-0.2, -0.15) is 13.2 Å². The van der Waals surface area contributed by atoms with E-state index in [1.165, 1.54) is 25.2 Å². The molecule has 1 aliphatic carbocycles. The predicted molar refractivity (Wildman–Crippen MR) is 103 cm³/mol. The molecule has 2 aliphatic heterocycles. The SMILES string of the molecule is O=C(O)C(F)(F)F.c1ncc(-c2cnc3n2CC2(COCCN(CC4CC4)C2)C3)cn1. The molecule has 2 fully saturated rings. The van der Waals surface area contributed by atoms with Gasteiger partial charge in [-0.25, -0.2) is 19.7 Å². The number of aromatic nitrogens is 4. The zero-order valence-corrected chi connectivity index (χ0v) is 16.9. The van der Waals surface area contributed by atoms with Gasteiger partial charge in [-0.3, -0.25) is 0 Å². The molecule has 0 aromatic carbocycles. The largest absolute Gasteiger partial charge is 0.490 e. The minimum Gasteiger partial charge on any atom is -0.475 e. The van der Waals surface area contributed by atoms with Crippen molar-refractivity contribution in [2.45, 2.75) is 32.0 Å². The highest BCUT2D eigenvalue weighted by molar-refractivity contribution is 5.73. The first kappa shape index (κ1) is 21.7. The van der Waals surface area contributed by atoms with Gasteiger partial charge in [-0.15, -0.1) is 0 Å². The molecule has 8 nitrogen and oxygen atoms in total. The summed E-state index contributed by atoms with van der Waals surface area (Å²) in [6.07, 6.45) is 5.99. The first-order valence-corrected chi connectivity index (χ1v) is 10.2. The first-order valence-electron chi connectivity index (χ1n) is 10.2. The highest BCUT2D eigenvalue weighted by Crippen LogP contribution is 2.39. The Morgan fingerprint density at radius 1 is 1.23 bits per heavy atom. The number of carbonyl (C=O) groups is 1. The van der Waals surface area contributed by atoms with E-state index in [9.17, 15) is 13.2 Å². The van der Waals surface area contributed by atoms with E-state index in [1.54, 1.807) is 6.33 Å². The fraction of sp³-hybridized carbons (Fsp3) is 0.600. The Bertz CT molecular complexity index is 917. The summed E-state index contributed by atoms with van der Waals surface area (Å²) < 4.78 is 40.1. The average molecular weight is 439 g/mol. The highest BCUT2D eigenvalue weighted by atomic mass is 19.4. The molecule has 0 amide bonds. The minimum atomic E-state index is -5.08. The molecule has 2 aromatic rings. The normalized spacial score (nSPS) is 23.7. The van der Waals surface area contributed by atoms with E-state index in [0.717, 1.165) is 56.4 Å². The molecule has 1 spiro atoms. The van der Waals surface area contributed by atoms with Crippen LogP contribution in [-0.4, -0.2) is 74.5 Å². The van der Waals surface area contributed by atoms with E-state index < -0.39 is 12.1 Å². The van der Waals surface area contributed by atoms with Crippen molar-refractivity contribution < 1.29 is 27.8 Å². The van der Waals surface area contributed by atoms with Gasteiger partial charge in [0, 0.05) is 56.0 Å². The molecule has 1 saturated carbocycles. The van der Waals surface area contributed by atoms with Crippen molar-refractivity contribution in [1.82, 2.24) is 24.4 Å². The summed E-state index contributed by atoms with van der Waals surface area (Å²) in [4.78, 5) is 24.5. The molecular formula is C20H24F3N5O3. The van der Waals surface area contributed by atoms with Crippen LogP contribution >= 0.6 is 0 Å². The lowest BCUT2D eigenvalue weighted by Crippen LogP contribution is -2.40. The summed E-state index contributed by atoms with van der Waals surface area (Å²) in [6, 6.07) is 0. The summed E-state index contributed by atoms with van der Waals surface area (Å²) in [5.74, 6) is -0.658. The van der Waals surface area contributed by atoms with Crippen LogP contribution < -0.4 is 0 Å². The molecule has 0 radical (unpaired) electrons. The van der Waals surface area contributed by atoms with Gasteiger partial charge in [0.15, 0.2) is 0 Å². The Hall–Kier alpha value is -2.53. The van der Waals surface area contributed by atoms with Crippen molar-refractivity contribution >= 4 is 5.97 Å². The monoisotopic (exact) mass is 439 g/mol. The Balaban J connectivity index is 0.000000289. The third-order valence-corrected chi connectivity index (χ3v) is 5.80. The quantitative estimate of drug-likeness (QED) is 0.784. The number of halogens is 3. The average Bonchev–Trinajstić information content (AvgIpc) is 3.39. The number of imidazole rings is 1. The van der Waals surface area contributed by atoms with Crippen LogP contribution in [0.3, 0.4) is 0 Å². The summed E-state index contributed by atoms with van der Waals surface area (Å²) in [6.45, 7) is 6.11. The smallest absolute Gasteiger partial charge is 0.475 e. The van der Waals surface area contributed by atoms with Gasteiger partial charge in [0.2, 0.25) is 0 Å². The number of aliphatic carboxylic acids is 1. The molecule has 1 N–H and O–H groups in total. The van der Waals surface area contributed by atoms with Crippen LogP contribution in [0, 0.1) is 11.3 Å². The number of nitrogens with zero attached hydrogens (tertiary/aromatic N) is 5. The van der Waals surface area contributed by atoms with Crippen LogP contribution in [0.2, 0.25) is 0 Å². The zero-order chi connectivity index (χ0) is 22.1. The second kappa shape index (κ2) is 8.54. The molecule has 5 rings (SSSR count).